The van der Waals surface area contributed by atoms with E-state index in [9.17, 15) is 18.3 Å². The van der Waals surface area contributed by atoms with Gasteiger partial charge in [-0.2, -0.15) is 0 Å². The fraction of sp³-hybridized carbons (Fsp3) is 0.516. The van der Waals surface area contributed by atoms with Gasteiger partial charge in [0.15, 0.2) is 0 Å². The maximum atomic E-state index is 13.2. The third-order valence-corrected chi connectivity index (χ3v) is 11.5. The van der Waals surface area contributed by atoms with Crippen LogP contribution in [0.5, 0.6) is 5.75 Å². The number of rotatable bonds is 0. The van der Waals surface area contributed by atoms with E-state index in [2.05, 4.69) is 21.8 Å². The molecule has 2 saturated carbocycles. The number of ether oxygens (including phenoxy) is 1. The molecule has 0 aromatic heterocycles. The lowest BCUT2D eigenvalue weighted by atomic mass is 9.68. The molecule has 9 heteroatoms. The Morgan fingerprint density at radius 3 is 2.80 bits per heavy atom. The van der Waals surface area contributed by atoms with Gasteiger partial charge in [0, 0.05) is 29.1 Å². The summed E-state index contributed by atoms with van der Waals surface area (Å²) in [7, 11) is -3.79. The molecule has 1 spiro atoms. The van der Waals surface area contributed by atoms with E-state index in [1.165, 1.54) is 11.1 Å². The summed E-state index contributed by atoms with van der Waals surface area (Å²) >= 11 is 6.37. The molecule has 2 bridgehead atoms. The quantitative estimate of drug-likeness (QED) is 0.445. The Morgan fingerprint density at radius 2 is 1.98 bits per heavy atom. The van der Waals surface area contributed by atoms with Gasteiger partial charge in [-0.15, -0.1) is 0 Å². The molecule has 7 nitrogen and oxygen atoms in total. The lowest BCUT2D eigenvalue weighted by molar-refractivity contribution is 0.0455. The number of aryl methyl sites for hydroxylation is 1. The first-order valence-corrected chi connectivity index (χ1v) is 16.4. The number of hydrogen-bond donors (Lipinski definition) is 2. The molecular formula is C31H35ClN2O5S. The van der Waals surface area contributed by atoms with Gasteiger partial charge >= 0.3 is 0 Å². The van der Waals surface area contributed by atoms with Crippen molar-refractivity contribution in [2.45, 2.75) is 50.0 Å². The topological polar surface area (TPSA) is 95.9 Å². The van der Waals surface area contributed by atoms with Crippen LogP contribution in [0, 0.1) is 23.7 Å². The van der Waals surface area contributed by atoms with Crippen molar-refractivity contribution in [3.05, 3.63) is 70.3 Å². The third-order valence-electron chi connectivity index (χ3n) is 9.88. The van der Waals surface area contributed by atoms with Crippen LogP contribution in [0.2, 0.25) is 5.02 Å². The summed E-state index contributed by atoms with van der Waals surface area (Å²) in [5.74, 6) is 0.531. The van der Waals surface area contributed by atoms with Crippen LogP contribution in [0.25, 0.3) is 0 Å². The Morgan fingerprint density at radius 1 is 1.10 bits per heavy atom. The molecule has 7 rings (SSSR count). The standard InChI is InChI=1S/C31H35ClN2O5S/c32-24-6-8-26-20(13-24)2-1-11-31(26)17-34-15-22-3-7-25(22)28(35)9-4-19-12-23(19)16-40(37,38)33-30(36)21-5-10-29(39-18-31)27(34)14-21/h4-6,8-10,13-14,19,22-23,25,28,35H,1-3,7,11-12,15-18H2,(H,33,36)/b9-4-/t19-,22-,23+,25+,28-,31-/m0/s1. The maximum Gasteiger partial charge on any atom is 0.264 e. The Kier molecular flexibility index (Phi) is 6.44. The number of aliphatic hydroxyl groups excluding tert-OH is 1. The molecule has 2 aromatic carbocycles. The first-order chi connectivity index (χ1) is 19.2. The first kappa shape index (κ1) is 26.4. The smallest absolute Gasteiger partial charge is 0.264 e. The molecule has 40 heavy (non-hydrogen) atoms. The number of carbonyl (C=O) groups is 1. The van der Waals surface area contributed by atoms with Gasteiger partial charge in [0.2, 0.25) is 10.0 Å². The van der Waals surface area contributed by atoms with Gasteiger partial charge < -0.3 is 14.7 Å². The van der Waals surface area contributed by atoms with Crippen LogP contribution in [0.1, 0.15) is 53.6 Å². The van der Waals surface area contributed by atoms with Crippen molar-refractivity contribution in [3.63, 3.8) is 0 Å². The highest BCUT2D eigenvalue weighted by Gasteiger charge is 2.45. The molecule has 212 valence electrons. The summed E-state index contributed by atoms with van der Waals surface area (Å²) in [5.41, 5.74) is 3.37. The van der Waals surface area contributed by atoms with Gasteiger partial charge in [-0.25, -0.2) is 13.1 Å². The number of benzene rings is 2. The molecule has 6 atom stereocenters. The Labute approximate surface area is 240 Å². The van der Waals surface area contributed by atoms with E-state index in [0.29, 0.717) is 30.4 Å². The Hall–Kier alpha value is -2.55. The Bertz CT molecular complexity index is 1490. The van der Waals surface area contributed by atoms with E-state index in [1.54, 1.807) is 18.2 Å². The monoisotopic (exact) mass is 582 g/mol. The van der Waals surface area contributed by atoms with Crippen molar-refractivity contribution < 1.29 is 23.1 Å². The highest BCUT2D eigenvalue weighted by atomic mass is 35.5. The molecule has 0 saturated heterocycles. The minimum atomic E-state index is -3.79. The molecule has 2 fully saturated rings. The summed E-state index contributed by atoms with van der Waals surface area (Å²) in [4.78, 5) is 15.5. The minimum Gasteiger partial charge on any atom is -0.490 e. The molecule has 1 amide bonds. The highest BCUT2D eigenvalue weighted by Crippen LogP contribution is 2.47. The second-order valence-electron chi connectivity index (χ2n) is 12.5. The summed E-state index contributed by atoms with van der Waals surface area (Å²) in [5, 5.41) is 11.8. The SMILES string of the molecule is O=C1NS(=O)(=O)C[C@H]2C[C@@H]2/C=C\[C@H](O)[C@@H]2CC[C@H]2CN2C[C@@]3(CCCc4cc(Cl)ccc43)COc3ccc1cc32. The zero-order chi connectivity index (χ0) is 27.6. The van der Waals surface area contributed by atoms with Gasteiger partial charge in [0.25, 0.3) is 5.91 Å². The lowest BCUT2D eigenvalue weighted by Crippen LogP contribution is -2.49. The summed E-state index contributed by atoms with van der Waals surface area (Å²) in [6.07, 6.45) is 9.04. The molecule has 2 aromatic rings. The highest BCUT2D eigenvalue weighted by molar-refractivity contribution is 7.90. The molecule has 3 aliphatic carbocycles. The first-order valence-electron chi connectivity index (χ1n) is 14.4. The fourth-order valence-electron chi connectivity index (χ4n) is 7.43. The summed E-state index contributed by atoms with van der Waals surface area (Å²) in [6, 6.07) is 11.4. The van der Waals surface area contributed by atoms with Crippen LogP contribution in [0.3, 0.4) is 0 Å². The average Bonchev–Trinajstić information content (AvgIpc) is 3.65. The number of allylic oxidation sites excluding steroid dienone is 1. The van der Waals surface area contributed by atoms with Crippen molar-refractivity contribution in [2.24, 2.45) is 23.7 Å². The number of amides is 1. The van der Waals surface area contributed by atoms with Crippen molar-refractivity contribution in [3.8, 4) is 5.75 Å². The van der Waals surface area contributed by atoms with Crippen molar-refractivity contribution >= 4 is 33.2 Å². The molecule has 2 N–H and O–H groups in total. The second-order valence-corrected chi connectivity index (χ2v) is 14.7. The van der Waals surface area contributed by atoms with Gasteiger partial charge in [-0.1, -0.05) is 29.8 Å². The van der Waals surface area contributed by atoms with Crippen molar-refractivity contribution in [1.82, 2.24) is 4.72 Å². The largest absolute Gasteiger partial charge is 0.490 e. The molecule has 2 heterocycles. The normalized spacial score (nSPS) is 35.1. The summed E-state index contributed by atoms with van der Waals surface area (Å²) < 4.78 is 34.4. The predicted molar refractivity (Wildman–Crippen MR) is 154 cm³/mol. The van der Waals surface area contributed by atoms with Crippen LogP contribution in [0.4, 0.5) is 5.69 Å². The van der Waals surface area contributed by atoms with Gasteiger partial charge in [0.05, 0.1) is 24.2 Å². The number of hydrogen-bond acceptors (Lipinski definition) is 6. The maximum absolute atomic E-state index is 13.2. The number of carbonyl (C=O) groups excluding carboxylic acids is 1. The number of fused-ring (bicyclic) bond motifs is 5. The van der Waals surface area contributed by atoms with Crippen LogP contribution in [-0.4, -0.2) is 51.0 Å². The number of sulfonamides is 1. The van der Waals surface area contributed by atoms with E-state index in [0.717, 1.165) is 55.8 Å². The van der Waals surface area contributed by atoms with E-state index in [1.807, 2.05) is 18.2 Å². The summed E-state index contributed by atoms with van der Waals surface area (Å²) in [6.45, 7) is 1.94. The predicted octanol–water partition coefficient (Wildman–Crippen LogP) is 4.47. The van der Waals surface area contributed by atoms with E-state index >= 15 is 0 Å². The number of aliphatic hydroxyl groups is 1. The molecular weight excluding hydrogens is 548 g/mol. The van der Waals surface area contributed by atoms with Gasteiger partial charge in [0.1, 0.15) is 5.75 Å². The molecule has 2 aliphatic heterocycles. The minimum absolute atomic E-state index is 0.0285. The zero-order valence-electron chi connectivity index (χ0n) is 22.4. The zero-order valence-corrected chi connectivity index (χ0v) is 24.0. The van der Waals surface area contributed by atoms with E-state index < -0.39 is 22.0 Å². The second kappa shape index (κ2) is 9.78. The van der Waals surface area contributed by atoms with Crippen molar-refractivity contribution in [2.75, 3.05) is 30.3 Å². The molecule has 0 unspecified atom stereocenters. The van der Waals surface area contributed by atoms with E-state index in [4.69, 9.17) is 16.3 Å². The van der Waals surface area contributed by atoms with Gasteiger partial charge in [-0.05, 0) is 104 Å². The van der Waals surface area contributed by atoms with Crippen molar-refractivity contribution in [1.29, 1.82) is 0 Å². The lowest BCUT2D eigenvalue weighted by Gasteiger charge is -2.45. The van der Waals surface area contributed by atoms with Crippen LogP contribution >= 0.6 is 11.6 Å². The van der Waals surface area contributed by atoms with Gasteiger partial charge in [-0.3, -0.25) is 4.79 Å². The van der Waals surface area contributed by atoms with Crippen LogP contribution in [-0.2, 0) is 21.9 Å². The molecule has 0 radical (unpaired) electrons. The van der Waals surface area contributed by atoms with E-state index in [-0.39, 0.29) is 28.9 Å². The third kappa shape index (κ3) is 4.82. The number of nitrogens with one attached hydrogen (secondary N) is 1. The van der Waals surface area contributed by atoms with Crippen LogP contribution < -0.4 is 14.4 Å². The fourth-order valence-corrected chi connectivity index (χ4v) is 9.06. The molecule has 5 aliphatic rings. The number of anilines is 1. The van der Waals surface area contributed by atoms with Crippen LogP contribution in [0.15, 0.2) is 48.6 Å². The average molecular weight is 583 g/mol. The number of nitrogens with zero attached hydrogens (tertiary/aromatic N) is 1. The number of halogens is 1. The Balaban J connectivity index is 1.29.